The van der Waals surface area contributed by atoms with Crippen LogP contribution in [-0.2, 0) is 27.6 Å². The molecule has 162 valence electrons. The second-order valence-corrected chi connectivity index (χ2v) is 10.6. The standard InChI is InChI=1S/C21H21N3O5S2/c1-4-11-23-18-10-7-16(24(26)27)13-19(18)30-21(23)22-20(25)12-15-5-8-17(9-6-15)31(28,29)14(2)3/h4-10,13-14H,1,11-12H2,2-3H3. The van der Waals surface area contributed by atoms with Gasteiger partial charge >= 0.3 is 0 Å². The Morgan fingerprint density at radius 2 is 1.94 bits per heavy atom. The normalized spacial score (nSPS) is 12.4. The van der Waals surface area contributed by atoms with Crippen LogP contribution in [0.1, 0.15) is 19.4 Å². The maximum absolute atomic E-state index is 12.6. The summed E-state index contributed by atoms with van der Waals surface area (Å²) in [5.74, 6) is -0.404. The van der Waals surface area contributed by atoms with Gasteiger partial charge in [0.2, 0.25) is 0 Å². The summed E-state index contributed by atoms with van der Waals surface area (Å²) in [5.41, 5.74) is 1.34. The molecule has 0 saturated heterocycles. The van der Waals surface area contributed by atoms with E-state index in [-0.39, 0.29) is 17.0 Å². The van der Waals surface area contributed by atoms with E-state index in [2.05, 4.69) is 11.6 Å². The average Bonchev–Trinajstić information content (AvgIpc) is 3.04. The van der Waals surface area contributed by atoms with Gasteiger partial charge in [0.15, 0.2) is 14.6 Å². The van der Waals surface area contributed by atoms with Crippen LogP contribution in [0.3, 0.4) is 0 Å². The lowest BCUT2D eigenvalue weighted by molar-refractivity contribution is -0.384. The Labute approximate surface area is 183 Å². The molecule has 0 radical (unpaired) electrons. The number of nitro groups is 1. The molecule has 0 fully saturated rings. The number of hydrogen-bond donors (Lipinski definition) is 0. The van der Waals surface area contributed by atoms with E-state index in [1.807, 2.05) is 0 Å². The lowest BCUT2D eigenvalue weighted by atomic mass is 10.1. The molecule has 0 aliphatic rings. The summed E-state index contributed by atoms with van der Waals surface area (Å²) in [6.07, 6.45) is 1.66. The van der Waals surface area contributed by atoms with Gasteiger partial charge in [0, 0.05) is 18.7 Å². The number of sulfone groups is 1. The highest BCUT2D eigenvalue weighted by Crippen LogP contribution is 2.23. The smallest absolute Gasteiger partial charge is 0.270 e. The first kappa shape index (κ1) is 22.6. The number of non-ortho nitro benzene ring substituents is 1. The van der Waals surface area contributed by atoms with E-state index in [4.69, 9.17) is 0 Å². The van der Waals surface area contributed by atoms with Crippen LogP contribution < -0.4 is 4.80 Å². The number of rotatable bonds is 7. The van der Waals surface area contributed by atoms with Crippen LogP contribution in [0.15, 0.2) is 65.0 Å². The Morgan fingerprint density at radius 1 is 1.26 bits per heavy atom. The van der Waals surface area contributed by atoms with Crippen LogP contribution in [0.5, 0.6) is 0 Å². The van der Waals surface area contributed by atoms with Crippen LogP contribution in [0, 0.1) is 10.1 Å². The number of carbonyl (C=O) groups excluding carboxylic acids is 1. The van der Waals surface area contributed by atoms with Crippen molar-refractivity contribution in [2.24, 2.45) is 4.99 Å². The quantitative estimate of drug-likeness (QED) is 0.304. The fourth-order valence-corrected chi connectivity index (χ4v) is 5.11. The number of hydrogen-bond acceptors (Lipinski definition) is 6. The van der Waals surface area contributed by atoms with Crippen molar-refractivity contribution < 1.29 is 18.1 Å². The van der Waals surface area contributed by atoms with E-state index < -0.39 is 25.9 Å². The number of fused-ring (bicyclic) bond motifs is 1. The van der Waals surface area contributed by atoms with Crippen molar-refractivity contribution in [3.63, 3.8) is 0 Å². The largest absolute Gasteiger partial charge is 0.312 e. The summed E-state index contributed by atoms with van der Waals surface area (Å²) in [7, 11) is -3.37. The van der Waals surface area contributed by atoms with E-state index >= 15 is 0 Å². The molecule has 1 aromatic heterocycles. The number of benzene rings is 2. The summed E-state index contributed by atoms with van der Waals surface area (Å²) in [6, 6.07) is 10.7. The summed E-state index contributed by atoms with van der Waals surface area (Å²) in [5, 5.41) is 10.5. The summed E-state index contributed by atoms with van der Waals surface area (Å²) < 4.78 is 26.9. The van der Waals surface area contributed by atoms with Gasteiger partial charge in [-0.25, -0.2) is 8.42 Å². The second-order valence-electron chi connectivity index (χ2n) is 7.11. The first-order valence-electron chi connectivity index (χ1n) is 9.42. The maximum Gasteiger partial charge on any atom is 0.270 e. The minimum atomic E-state index is -3.37. The highest BCUT2D eigenvalue weighted by Gasteiger charge is 2.19. The lowest BCUT2D eigenvalue weighted by Gasteiger charge is -2.08. The van der Waals surface area contributed by atoms with E-state index in [9.17, 15) is 23.3 Å². The average molecular weight is 460 g/mol. The molecule has 0 aliphatic carbocycles. The molecule has 3 aromatic rings. The zero-order chi connectivity index (χ0) is 22.8. The van der Waals surface area contributed by atoms with Crippen LogP contribution in [-0.4, -0.2) is 29.1 Å². The number of thiazole rings is 1. The fraction of sp³-hybridized carbons (Fsp3) is 0.238. The Hall–Kier alpha value is -3.11. The minimum Gasteiger partial charge on any atom is -0.312 e. The van der Waals surface area contributed by atoms with Crippen molar-refractivity contribution >= 4 is 43.0 Å². The molecule has 0 spiro atoms. The second kappa shape index (κ2) is 8.94. The molecular weight excluding hydrogens is 438 g/mol. The molecule has 2 aromatic carbocycles. The van der Waals surface area contributed by atoms with Crippen molar-refractivity contribution in [3.05, 3.63) is 75.6 Å². The van der Waals surface area contributed by atoms with Crippen LogP contribution >= 0.6 is 11.3 Å². The van der Waals surface area contributed by atoms with Crippen LogP contribution in [0.4, 0.5) is 5.69 Å². The van der Waals surface area contributed by atoms with Crippen molar-refractivity contribution in [2.45, 2.75) is 37.0 Å². The van der Waals surface area contributed by atoms with E-state index in [0.29, 0.717) is 21.6 Å². The molecule has 8 nitrogen and oxygen atoms in total. The zero-order valence-electron chi connectivity index (χ0n) is 17.0. The van der Waals surface area contributed by atoms with Crippen LogP contribution in [0.25, 0.3) is 10.2 Å². The monoisotopic (exact) mass is 459 g/mol. The maximum atomic E-state index is 12.6. The zero-order valence-corrected chi connectivity index (χ0v) is 18.6. The summed E-state index contributed by atoms with van der Waals surface area (Å²) in [6.45, 7) is 7.34. The number of carbonyl (C=O) groups is 1. The third kappa shape index (κ3) is 4.80. The Morgan fingerprint density at radius 3 is 2.52 bits per heavy atom. The number of nitrogens with zero attached hydrogens (tertiary/aromatic N) is 3. The summed E-state index contributed by atoms with van der Waals surface area (Å²) >= 11 is 1.19. The highest BCUT2D eigenvalue weighted by molar-refractivity contribution is 7.92. The van der Waals surface area contributed by atoms with Gasteiger partial charge in [0.1, 0.15) is 0 Å². The fourth-order valence-electron chi connectivity index (χ4n) is 2.96. The van der Waals surface area contributed by atoms with Crippen LogP contribution in [0.2, 0.25) is 0 Å². The van der Waals surface area contributed by atoms with E-state index in [1.165, 1.54) is 35.6 Å². The lowest BCUT2D eigenvalue weighted by Crippen LogP contribution is -2.17. The molecule has 0 aliphatic heterocycles. The predicted octanol–water partition coefficient (Wildman–Crippen LogP) is 3.65. The molecular formula is C21H21N3O5S2. The molecule has 0 unspecified atom stereocenters. The molecule has 0 saturated carbocycles. The Bertz CT molecular complexity index is 1330. The van der Waals surface area contributed by atoms with E-state index in [0.717, 1.165) is 5.52 Å². The van der Waals surface area contributed by atoms with Gasteiger partial charge in [-0.05, 0) is 37.6 Å². The van der Waals surface area contributed by atoms with Crippen molar-refractivity contribution in [1.82, 2.24) is 4.57 Å². The van der Waals surface area contributed by atoms with Gasteiger partial charge < -0.3 is 4.57 Å². The molecule has 1 heterocycles. The molecule has 0 atom stereocenters. The number of amides is 1. The van der Waals surface area contributed by atoms with Gasteiger partial charge in [0.05, 0.1) is 31.7 Å². The first-order chi connectivity index (χ1) is 14.6. The Kier molecular flexibility index (Phi) is 6.51. The third-order valence-electron chi connectivity index (χ3n) is 4.64. The molecule has 10 heteroatoms. The third-order valence-corrected chi connectivity index (χ3v) is 7.85. The van der Waals surface area contributed by atoms with Gasteiger partial charge in [-0.2, -0.15) is 4.99 Å². The Balaban J connectivity index is 1.92. The molecule has 31 heavy (non-hydrogen) atoms. The molecule has 3 rings (SSSR count). The molecule has 0 N–H and O–H groups in total. The van der Waals surface area contributed by atoms with Crippen molar-refractivity contribution in [1.29, 1.82) is 0 Å². The van der Waals surface area contributed by atoms with Gasteiger partial charge in [-0.15, -0.1) is 6.58 Å². The molecule has 1 amide bonds. The topological polar surface area (TPSA) is 112 Å². The van der Waals surface area contributed by atoms with Crippen molar-refractivity contribution in [2.75, 3.05) is 0 Å². The molecule has 0 bridgehead atoms. The van der Waals surface area contributed by atoms with E-state index in [1.54, 1.807) is 42.7 Å². The number of nitro benzene ring substituents is 1. The van der Waals surface area contributed by atoms with Gasteiger partial charge in [-0.1, -0.05) is 29.5 Å². The van der Waals surface area contributed by atoms with Gasteiger partial charge in [0.25, 0.3) is 11.6 Å². The minimum absolute atomic E-state index is 0.00445. The van der Waals surface area contributed by atoms with Gasteiger partial charge in [-0.3, -0.25) is 14.9 Å². The SMILES string of the molecule is C=CCn1c(=NC(=O)Cc2ccc(S(=O)(=O)C(C)C)cc2)sc2cc([N+](=O)[O-])ccc21. The number of allylic oxidation sites excluding steroid dienone is 1. The highest BCUT2D eigenvalue weighted by atomic mass is 32.2. The first-order valence-corrected chi connectivity index (χ1v) is 11.8. The van der Waals surface area contributed by atoms with Crippen molar-refractivity contribution in [3.8, 4) is 0 Å². The predicted molar refractivity (Wildman–Crippen MR) is 120 cm³/mol. The number of aromatic nitrogens is 1. The summed E-state index contributed by atoms with van der Waals surface area (Å²) in [4.78, 5) is 27.9.